The summed E-state index contributed by atoms with van der Waals surface area (Å²) in [4.78, 5) is 22.7. The molecule has 5 fully saturated rings. The lowest BCUT2D eigenvalue weighted by atomic mass is 9.56. The van der Waals surface area contributed by atoms with Crippen molar-refractivity contribution in [2.45, 2.75) is 136 Å². The van der Waals surface area contributed by atoms with Gasteiger partial charge in [-0.3, -0.25) is 19.5 Å². The van der Waals surface area contributed by atoms with Gasteiger partial charge in [0, 0.05) is 63.8 Å². The first-order valence-electron chi connectivity index (χ1n) is 19.5. The van der Waals surface area contributed by atoms with Gasteiger partial charge in [-0.15, -0.1) is 0 Å². The monoisotopic (exact) mass is 636 g/mol. The summed E-state index contributed by atoms with van der Waals surface area (Å²) in [7, 11) is 0. The van der Waals surface area contributed by atoms with Crippen LogP contribution >= 0.6 is 0 Å². The van der Waals surface area contributed by atoms with E-state index in [9.17, 15) is 15.0 Å². The Labute approximate surface area is 280 Å². The van der Waals surface area contributed by atoms with Crippen LogP contribution in [0.2, 0.25) is 0 Å². The first kappa shape index (κ1) is 33.4. The van der Waals surface area contributed by atoms with Crippen LogP contribution in [0.3, 0.4) is 0 Å². The second-order valence-corrected chi connectivity index (χ2v) is 17.7. The van der Waals surface area contributed by atoms with Gasteiger partial charge < -0.3 is 10.2 Å². The normalized spacial score (nSPS) is 44.0. The van der Waals surface area contributed by atoms with Crippen molar-refractivity contribution in [1.29, 1.82) is 0 Å². The average Bonchev–Trinajstić information content (AvgIpc) is 3.35. The summed E-state index contributed by atoms with van der Waals surface area (Å²) in [6, 6.07) is 0.945. The van der Waals surface area contributed by atoms with Gasteiger partial charge in [0.1, 0.15) is 0 Å². The van der Waals surface area contributed by atoms with Crippen LogP contribution in [-0.4, -0.2) is 101 Å². The molecule has 0 bridgehead atoms. The number of piperidine rings is 1. The molecule has 0 unspecified atom stereocenters. The minimum absolute atomic E-state index is 0.0730. The molecule has 0 aromatic carbocycles. The Morgan fingerprint density at radius 2 is 1.72 bits per heavy atom. The molecule has 2 heterocycles. The van der Waals surface area contributed by atoms with Crippen molar-refractivity contribution in [3.63, 3.8) is 0 Å². The number of carbonyl (C=O) groups excluding carboxylic acids is 1. The molecular weight excluding hydrogens is 570 g/mol. The first-order valence-corrected chi connectivity index (χ1v) is 19.5. The summed E-state index contributed by atoms with van der Waals surface area (Å²) in [5.74, 6) is 2.06. The van der Waals surface area contributed by atoms with Crippen LogP contribution in [0.4, 0.5) is 0 Å². The highest BCUT2D eigenvalue weighted by Gasteiger charge is 2.60. The zero-order chi connectivity index (χ0) is 32.4. The molecule has 258 valence electrons. The van der Waals surface area contributed by atoms with Gasteiger partial charge in [0.2, 0.25) is 0 Å². The molecule has 2 saturated heterocycles. The first-order chi connectivity index (χ1) is 22.0. The molecule has 46 heavy (non-hydrogen) atoms. The number of piperazine rings is 1. The van der Waals surface area contributed by atoms with Crippen molar-refractivity contribution in [2.75, 3.05) is 45.8 Å². The van der Waals surface area contributed by atoms with E-state index in [1.807, 2.05) is 0 Å². The van der Waals surface area contributed by atoms with Gasteiger partial charge in [-0.1, -0.05) is 64.2 Å². The fraction of sp³-hybridized carbons (Fsp3) is 0.875. The number of rotatable bonds is 6. The Bertz CT molecular complexity index is 1200. The van der Waals surface area contributed by atoms with E-state index in [4.69, 9.17) is 0 Å². The molecule has 6 heteroatoms. The van der Waals surface area contributed by atoms with Gasteiger partial charge >= 0.3 is 0 Å². The van der Waals surface area contributed by atoms with Crippen LogP contribution in [0.25, 0.3) is 0 Å². The number of ketones is 1. The van der Waals surface area contributed by atoms with Gasteiger partial charge in [0.25, 0.3) is 0 Å². The van der Waals surface area contributed by atoms with Gasteiger partial charge in [0.15, 0.2) is 5.78 Å². The van der Waals surface area contributed by atoms with Crippen LogP contribution in [0, 0.1) is 40.4 Å². The zero-order valence-electron chi connectivity index (χ0n) is 29.9. The van der Waals surface area contributed by atoms with E-state index in [1.54, 1.807) is 0 Å². The van der Waals surface area contributed by atoms with Gasteiger partial charge in [0.05, 0.1) is 12.2 Å². The molecular formula is C40H65N3O3. The van der Waals surface area contributed by atoms with Gasteiger partial charge in [-0.2, -0.15) is 0 Å². The lowest BCUT2D eigenvalue weighted by Gasteiger charge is -2.52. The van der Waals surface area contributed by atoms with E-state index in [0.29, 0.717) is 23.5 Å². The smallest absolute Gasteiger partial charge is 0.163 e. The molecule has 0 amide bonds. The molecule has 7 aliphatic rings. The van der Waals surface area contributed by atoms with E-state index >= 15 is 0 Å². The predicted octanol–water partition coefficient (Wildman–Crippen LogP) is 6.07. The number of aliphatic hydroxyl groups is 2. The van der Waals surface area contributed by atoms with Crippen molar-refractivity contribution in [1.82, 2.24) is 14.7 Å². The SMILES string of the molecule is CC1=C2C(=O)[C@H]3[C@@H](CC=C4C[C@@H](O)CC[C@@]43C)[C@@H]2CC[C@@]1(C)[C@H](C)[C@H]1[C@H](O)C[C@H](C)CN1CCN1CCN(C2CCCCC2)CC1. The summed E-state index contributed by atoms with van der Waals surface area (Å²) < 4.78 is 0. The van der Waals surface area contributed by atoms with E-state index < -0.39 is 0 Å². The molecule has 6 nitrogen and oxygen atoms in total. The molecule has 2 N–H and O–H groups in total. The number of allylic oxidation sites excluding steroid dienone is 3. The molecule has 7 rings (SSSR count). The minimum atomic E-state index is -0.324. The van der Waals surface area contributed by atoms with Crippen molar-refractivity contribution in [3.05, 3.63) is 22.8 Å². The highest BCUT2D eigenvalue weighted by molar-refractivity contribution is 6.02. The summed E-state index contributed by atoms with van der Waals surface area (Å²) in [5.41, 5.74) is 3.66. The number of fused-ring (bicyclic) bond motifs is 5. The largest absolute Gasteiger partial charge is 0.393 e. The molecule has 3 saturated carbocycles. The lowest BCUT2D eigenvalue weighted by Crippen LogP contribution is -2.59. The molecule has 0 aromatic heterocycles. The van der Waals surface area contributed by atoms with Crippen LogP contribution in [0.1, 0.15) is 112 Å². The van der Waals surface area contributed by atoms with E-state index in [0.717, 1.165) is 70.6 Å². The summed E-state index contributed by atoms with van der Waals surface area (Å²) in [6.45, 7) is 19.7. The van der Waals surface area contributed by atoms with Crippen LogP contribution in [0.5, 0.6) is 0 Å². The predicted molar refractivity (Wildman–Crippen MR) is 185 cm³/mol. The average molecular weight is 636 g/mol. The molecule has 0 spiro atoms. The maximum Gasteiger partial charge on any atom is 0.163 e. The van der Waals surface area contributed by atoms with Crippen molar-refractivity contribution in [2.24, 2.45) is 40.4 Å². The van der Waals surface area contributed by atoms with E-state index in [2.05, 4.69) is 55.4 Å². The van der Waals surface area contributed by atoms with E-state index in [-0.39, 0.29) is 40.9 Å². The Morgan fingerprint density at radius 3 is 2.46 bits per heavy atom. The second-order valence-electron chi connectivity index (χ2n) is 17.7. The van der Waals surface area contributed by atoms with Crippen LogP contribution in [-0.2, 0) is 4.79 Å². The minimum Gasteiger partial charge on any atom is -0.393 e. The second kappa shape index (κ2) is 13.0. The fourth-order valence-corrected chi connectivity index (χ4v) is 12.3. The summed E-state index contributed by atoms with van der Waals surface area (Å²) in [5, 5.41) is 22.2. The van der Waals surface area contributed by atoms with Crippen molar-refractivity contribution in [3.8, 4) is 0 Å². The lowest BCUT2D eigenvalue weighted by molar-refractivity contribution is -0.123. The topological polar surface area (TPSA) is 67.2 Å². The third-order valence-electron chi connectivity index (χ3n) is 15.3. The molecule has 0 radical (unpaired) electrons. The molecule has 2 aliphatic heterocycles. The number of hydrogen-bond donors (Lipinski definition) is 2. The number of nitrogens with zero attached hydrogens (tertiary/aromatic N) is 3. The van der Waals surface area contributed by atoms with Crippen molar-refractivity contribution < 1.29 is 15.0 Å². The Kier molecular flexibility index (Phi) is 9.46. The maximum atomic E-state index is 14.6. The van der Waals surface area contributed by atoms with Crippen LogP contribution < -0.4 is 0 Å². The highest BCUT2D eigenvalue weighted by atomic mass is 16.3. The highest BCUT2D eigenvalue weighted by Crippen LogP contribution is 2.63. The van der Waals surface area contributed by atoms with Gasteiger partial charge in [-0.25, -0.2) is 0 Å². The van der Waals surface area contributed by atoms with Gasteiger partial charge in [-0.05, 0) is 105 Å². The Balaban J connectivity index is 1.06. The summed E-state index contributed by atoms with van der Waals surface area (Å²) >= 11 is 0. The third-order valence-corrected chi connectivity index (χ3v) is 15.3. The Morgan fingerprint density at radius 1 is 0.978 bits per heavy atom. The number of hydrogen-bond acceptors (Lipinski definition) is 6. The van der Waals surface area contributed by atoms with E-state index in [1.165, 1.54) is 75.0 Å². The van der Waals surface area contributed by atoms with Crippen LogP contribution in [0.15, 0.2) is 22.8 Å². The quantitative estimate of drug-likeness (QED) is 0.346. The number of carbonyl (C=O) groups is 1. The zero-order valence-corrected chi connectivity index (χ0v) is 29.9. The van der Waals surface area contributed by atoms with Crippen molar-refractivity contribution >= 4 is 5.78 Å². The molecule has 5 aliphatic carbocycles. The Hall–Kier alpha value is -1.05. The standard InChI is InChI=1S/C40H65N3O3/c1-26-23-34(45)37(43(25-26)22-19-41-17-20-42(21-18-41)30-9-7-6-8-10-30)28(3)39(4)16-14-32-33-12-11-29-24-31(44)13-15-40(29,5)36(33)38(46)35(32)27(39)2/h11,26,28,30-34,36-37,44-45H,6-10,12-25H2,1-5H3/t26-,28+,31-,32-,33-,34+,36+,37-,39+,40-/m0/s1. The number of aliphatic hydroxyl groups excluding tert-OH is 2. The fourth-order valence-electron chi connectivity index (χ4n) is 12.3. The summed E-state index contributed by atoms with van der Waals surface area (Å²) in [6.07, 6.45) is 15.4. The third kappa shape index (κ3) is 5.72. The number of likely N-dealkylation sites (tertiary alicyclic amines) is 1. The number of Topliss-reactive ketones (excluding diaryl/α,β-unsaturated/α-hetero) is 1. The molecule has 10 atom stereocenters. The molecule has 0 aromatic rings. The maximum absolute atomic E-state index is 14.6.